The number of amides is 1. The number of rotatable bonds is 9. The lowest BCUT2D eigenvalue weighted by Gasteiger charge is -2.11. The van der Waals surface area contributed by atoms with Crippen LogP contribution in [-0.4, -0.2) is 22.2 Å². The summed E-state index contributed by atoms with van der Waals surface area (Å²) < 4.78 is 2.07. The number of carbonyl (C=O) groups is 1. The summed E-state index contributed by atoms with van der Waals surface area (Å²) in [6.07, 6.45) is 1.18. The van der Waals surface area contributed by atoms with E-state index in [2.05, 4.69) is 48.1 Å². The number of para-hydroxylation sites is 1. The lowest BCUT2D eigenvalue weighted by molar-refractivity contribution is -0.116. The van der Waals surface area contributed by atoms with Gasteiger partial charge in [-0.05, 0) is 49.9 Å². The normalized spacial score (nSPS) is 11.2. The van der Waals surface area contributed by atoms with E-state index in [4.69, 9.17) is 0 Å². The smallest absolute Gasteiger partial charge is 0.224 e. The summed E-state index contributed by atoms with van der Waals surface area (Å²) in [5, 5.41) is 11.0. The van der Waals surface area contributed by atoms with Gasteiger partial charge in [0.1, 0.15) is 0 Å². The molecule has 0 atom stereocenters. The van der Waals surface area contributed by atoms with Crippen molar-refractivity contribution in [3.05, 3.63) is 46.8 Å². The van der Waals surface area contributed by atoms with Crippen LogP contribution in [0.15, 0.2) is 24.3 Å². The molecular weight excluding hydrogens is 324 g/mol. The van der Waals surface area contributed by atoms with Crippen LogP contribution in [0.5, 0.6) is 0 Å². The fourth-order valence-corrected chi connectivity index (χ4v) is 3.13. The van der Waals surface area contributed by atoms with Crippen molar-refractivity contribution in [2.24, 2.45) is 5.92 Å². The number of hydrogen-bond donors (Lipinski definition) is 2. The maximum Gasteiger partial charge on any atom is 0.224 e. The third-order valence-electron chi connectivity index (χ3n) is 4.53. The zero-order valence-electron chi connectivity index (χ0n) is 16.7. The van der Waals surface area contributed by atoms with Crippen molar-refractivity contribution in [1.29, 1.82) is 0 Å². The largest absolute Gasteiger partial charge is 0.326 e. The molecule has 1 aromatic heterocycles. The summed E-state index contributed by atoms with van der Waals surface area (Å²) in [6.45, 7) is 13.2. The predicted octanol–water partition coefficient (Wildman–Crippen LogP) is 3.84. The zero-order chi connectivity index (χ0) is 19.1. The fourth-order valence-electron chi connectivity index (χ4n) is 3.13. The van der Waals surface area contributed by atoms with Crippen molar-refractivity contribution in [3.63, 3.8) is 0 Å². The van der Waals surface area contributed by atoms with Crippen LogP contribution in [0.4, 0.5) is 5.69 Å². The van der Waals surface area contributed by atoms with Crippen molar-refractivity contribution in [3.8, 4) is 0 Å². The summed E-state index contributed by atoms with van der Waals surface area (Å²) >= 11 is 0. The molecule has 5 heteroatoms. The molecule has 0 bridgehead atoms. The van der Waals surface area contributed by atoms with Gasteiger partial charge >= 0.3 is 0 Å². The Kier molecular flexibility index (Phi) is 7.39. The molecule has 142 valence electrons. The number of nitrogens with zero attached hydrogens (tertiary/aromatic N) is 2. The van der Waals surface area contributed by atoms with Crippen LogP contribution < -0.4 is 10.6 Å². The maximum absolute atomic E-state index is 12.5. The number of aryl methyl sites for hydroxylation is 1. The fraction of sp³-hybridized carbons (Fsp3) is 0.524. The van der Waals surface area contributed by atoms with Crippen LogP contribution in [0.3, 0.4) is 0 Å². The highest BCUT2D eigenvalue weighted by Gasteiger charge is 2.14. The van der Waals surface area contributed by atoms with Gasteiger partial charge in [-0.1, -0.05) is 39.0 Å². The van der Waals surface area contributed by atoms with E-state index in [1.165, 1.54) is 11.3 Å². The molecule has 1 heterocycles. The van der Waals surface area contributed by atoms with Crippen molar-refractivity contribution in [2.75, 3.05) is 11.9 Å². The van der Waals surface area contributed by atoms with Crippen LogP contribution in [-0.2, 0) is 24.3 Å². The highest BCUT2D eigenvalue weighted by molar-refractivity contribution is 5.91. The van der Waals surface area contributed by atoms with Gasteiger partial charge < -0.3 is 10.6 Å². The first-order valence-electron chi connectivity index (χ1n) is 9.53. The molecule has 0 unspecified atom stereocenters. The number of benzene rings is 1. The Morgan fingerprint density at radius 2 is 1.96 bits per heavy atom. The van der Waals surface area contributed by atoms with Crippen LogP contribution in [0, 0.1) is 19.8 Å². The van der Waals surface area contributed by atoms with Crippen LogP contribution in [0.1, 0.15) is 49.7 Å². The molecule has 0 saturated heterocycles. The number of carbonyl (C=O) groups excluding carboxylic acids is 1. The van der Waals surface area contributed by atoms with Gasteiger partial charge in [-0.25, -0.2) is 0 Å². The van der Waals surface area contributed by atoms with Crippen LogP contribution >= 0.6 is 0 Å². The average molecular weight is 357 g/mol. The molecule has 1 amide bonds. The zero-order valence-corrected chi connectivity index (χ0v) is 16.7. The second-order valence-electron chi connectivity index (χ2n) is 7.21. The van der Waals surface area contributed by atoms with E-state index in [0.29, 0.717) is 12.3 Å². The SMILES string of the molecule is CCNCc1ccccc1NC(=O)CCc1c(C)nn(CC(C)C)c1C. The molecule has 0 fully saturated rings. The highest BCUT2D eigenvalue weighted by atomic mass is 16.1. The molecule has 0 saturated carbocycles. The van der Waals surface area contributed by atoms with Gasteiger partial charge in [-0.2, -0.15) is 5.10 Å². The Morgan fingerprint density at radius 3 is 2.65 bits per heavy atom. The first-order chi connectivity index (χ1) is 12.4. The first kappa shape index (κ1) is 20.2. The molecule has 1 aromatic carbocycles. The first-order valence-corrected chi connectivity index (χ1v) is 9.53. The third kappa shape index (κ3) is 5.43. The van der Waals surface area contributed by atoms with E-state index in [-0.39, 0.29) is 5.91 Å². The minimum absolute atomic E-state index is 0.0457. The van der Waals surface area contributed by atoms with E-state index in [1.807, 2.05) is 31.2 Å². The lowest BCUT2D eigenvalue weighted by atomic mass is 10.1. The summed E-state index contributed by atoms with van der Waals surface area (Å²) in [7, 11) is 0. The van der Waals surface area contributed by atoms with E-state index in [0.717, 1.165) is 43.0 Å². The molecule has 0 aliphatic carbocycles. The second kappa shape index (κ2) is 9.53. The van der Waals surface area contributed by atoms with E-state index in [9.17, 15) is 4.79 Å². The van der Waals surface area contributed by atoms with Gasteiger partial charge in [-0.3, -0.25) is 9.48 Å². The Hall–Kier alpha value is -2.14. The van der Waals surface area contributed by atoms with Crippen LogP contribution in [0.25, 0.3) is 0 Å². The van der Waals surface area contributed by atoms with E-state index >= 15 is 0 Å². The molecule has 26 heavy (non-hydrogen) atoms. The molecule has 5 nitrogen and oxygen atoms in total. The van der Waals surface area contributed by atoms with Gasteiger partial charge in [0, 0.05) is 30.9 Å². The summed E-state index contributed by atoms with van der Waals surface area (Å²) in [5.74, 6) is 0.599. The minimum Gasteiger partial charge on any atom is -0.326 e. The van der Waals surface area contributed by atoms with Gasteiger partial charge in [-0.15, -0.1) is 0 Å². The third-order valence-corrected chi connectivity index (χ3v) is 4.53. The molecule has 2 aromatic rings. The maximum atomic E-state index is 12.5. The topological polar surface area (TPSA) is 58.9 Å². The molecule has 2 rings (SSSR count). The molecular formula is C21H32N4O. The molecule has 2 N–H and O–H groups in total. The average Bonchev–Trinajstić information content (AvgIpc) is 2.85. The molecule has 0 radical (unpaired) electrons. The van der Waals surface area contributed by atoms with Gasteiger partial charge in [0.15, 0.2) is 0 Å². The summed E-state index contributed by atoms with van der Waals surface area (Å²) in [4.78, 5) is 12.5. The monoisotopic (exact) mass is 356 g/mol. The quantitative estimate of drug-likeness (QED) is 0.718. The Bertz CT molecular complexity index is 734. The number of anilines is 1. The standard InChI is InChI=1S/C21H32N4O/c1-6-22-13-18-9-7-8-10-20(18)23-21(26)12-11-19-16(4)24-25(17(19)5)14-15(2)3/h7-10,15,22H,6,11-14H2,1-5H3,(H,23,26). The van der Waals surface area contributed by atoms with E-state index in [1.54, 1.807) is 0 Å². The van der Waals surface area contributed by atoms with E-state index < -0.39 is 0 Å². The van der Waals surface area contributed by atoms with Crippen LogP contribution in [0.2, 0.25) is 0 Å². The highest BCUT2D eigenvalue weighted by Crippen LogP contribution is 2.18. The van der Waals surface area contributed by atoms with Gasteiger partial charge in [0.2, 0.25) is 5.91 Å². The predicted molar refractivity (Wildman–Crippen MR) is 107 cm³/mol. The molecule has 0 spiro atoms. The molecule has 0 aliphatic heterocycles. The number of hydrogen-bond acceptors (Lipinski definition) is 3. The van der Waals surface area contributed by atoms with Crippen molar-refractivity contribution in [1.82, 2.24) is 15.1 Å². The van der Waals surface area contributed by atoms with Gasteiger partial charge in [0.05, 0.1) is 5.69 Å². The Labute approximate surface area is 157 Å². The Balaban J connectivity index is 1.99. The van der Waals surface area contributed by atoms with Crippen molar-refractivity contribution in [2.45, 2.75) is 60.5 Å². The number of nitrogens with one attached hydrogen (secondary N) is 2. The minimum atomic E-state index is 0.0457. The molecule has 0 aliphatic rings. The Morgan fingerprint density at radius 1 is 1.23 bits per heavy atom. The summed E-state index contributed by atoms with van der Waals surface area (Å²) in [6, 6.07) is 7.96. The second-order valence-corrected chi connectivity index (χ2v) is 7.21. The lowest BCUT2D eigenvalue weighted by Crippen LogP contribution is -2.17. The van der Waals surface area contributed by atoms with Gasteiger partial charge in [0.25, 0.3) is 0 Å². The van der Waals surface area contributed by atoms with Crippen molar-refractivity contribution >= 4 is 11.6 Å². The summed E-state index contributed by atoms with van der Waals surface area (Å²) in [5.41, 5.74) is 5.41. The number of aromatic nitrogens is 2. The van der Waals surface area contributed by atoms with Crippen molar-refractivity contribution < 1.29 is 4.79 Å².